The van der Waals surface area contributed by atoms with Crippen molar-refractivity contribution in [3.05, 3.63) is 42.1 Å². The van der Waals surface area contributed by atoms with Gasteiger partial charge in [0.2, 0.25) is 0 Å². The van der Waals surface area contributed by atoms with Crippen molar-refractivity contribution in [3.8, 4) is 17.0 Å². The van der Waals surface area contributed by atoms with Gasteiger partial charge in [0.25, 0.3) is 0 Å². The lowest BCUT2D eigenvalue weighted by molar-refractivity contribution is 0.0697. The molecule has 16 heavy (non-hydrogen) atoms. The van der Waals surface area contributed by atoms with Crippen LogP contribution >= 0.6 is 0 Å². The van der Waals surface area contributed by atoms with Crippen LogP contribution in [0.2, 0.25) is 0 Å². The molecule has 1 heterocycles. The summed E-state index contributed by atoms with van der Waals surface area (Å²) in [6, 6.07) is 8.48. The molecule has 0 aliphatic heterocycles. The van der Waals surface area contributed by atoms with Crippen molar-refractivity contribution in [2.45, 2.75) is 0 Å². The molecule has 0 unspecified atom stereocenters. The van der Waals surface area contributed by atoms with Crippen molar-refractivity contribution >= 4 is 5.97 Å². The Morgan fingerprint density at radius 2 is 2.19 bits per heavy atom. The van der Waals surface area contributed by atoms with Crippen LogP contribution in [0.5, 0.6) is 5.75 Å². The molecule has 0 spiro atoms. The zero-order valence-electron chi connectivity index (χ0n) is 8.73. The van der Waals surface area contributed by atoms with E-state index in [0.717, 1.165) is 11.3 Å². The highest BCUT2D eigenvalue weighted by molar-refractivity contribution is 5.90. The van der Waals surface area contributed by atoms with Gasteiger partial charge in [-0.15, -0.1) is 0 Å². The maximum Gasteiger partial charge on any atom is 0.335 e. The van der Waals surface area contributed by atoms with Gasteiger partial charge >= 0.3 is 5.97 Å². The molecule has 0 atom stereocenters. The molecule has 1 aromatic carbocycles. The van der Waals surface area contributed by atoms with Crippen LogP contribution in [0.15, 0.2) is 36.5 Å². The molecule has 0 amide bonds. The first kappa shape index (κ1) is 10.3. The number of carbonyl (C=O) groups is 1. The molecule has 0 saturated carbocycles. The van der Waals surface area contributed by atoms with Crippen LogP contribution in [0.4, 0.5) is 0 Å². The Morgan fingerprint density at radius 3 is 2.75 bits per heavy atom. The number of rotatable bonds is 3. The lowest BCUT2D eigenvalue weighted by Gasteiger charge is -2.07. The summed E-state index contributed by atoms with van der Waals surface area (Å²) in [5, 5.41) is 8.92. The van der Waals surface area contributed by atoms with Crippen molar-refractivity contribution in [3.63, 3.8) is 0 Å². The Hall–Kier alpha value is -2.23. The fourth-order valence-corrected chi connectivity index (χ4v) is 1.55. The van der Waals surface area contributed by atoms with Gasteiger partial charge in [0.1, 0.15) is 5.75 Å². The van der Waals surface area contributed by atoms with E-state index in [1.165, 1.54) is 6.07 Å². The average molecular weight is 217 g/mol. The summed E-state index contributed by atoms with van der Waals surface area (Å²) in [5.74, 6) is -0.303. The summed E-state index contributed by atoms with van der Waals surface area (Å²) in [6.45, 7) is 0. The first-order valence-electron chi connectivity index (χ1n) is 4.77. The van der Waals surface area contributed by atoms with Crippen LogP contribution < -0.4 is 4.74 Å². The first-order valence-corrected chi connectivity index (χ1v) is 4.77. The van der Waals surface area contributed by atoms with Crippen LogP contribution in [0, 0.1) is 0 Å². The fourth-order valence-electron chi connectivity index (χ4n) is 1.55. The number of hydrogen-bond acceptors (Lipinski definition) is 2. The molecule has 1 aromatic heterocycles. The zero-order chi connectivity index (χ0) is 11.5. The van der Waals surface area contributed by atoms with E-state index >= 15 is 0 Å². The molecule has 2 N–H and O–H groups in total. The highest BCUT2D eigenvalue weighted by atomic mass is 16.5. The van der Waals surface area contributed by atoms with Crippen LogP contribution in [-0.2, 0) is 0 Å². The molecular weight excluding hydrogens is 206 g/mol. The van der Waals surface area contributed by atoms with Crippen LogP contribution in [0.3, 0.4) is 0 Å². The molecular formula is C12H11NO3. The molecule has 0 saturated heterocycles. The van der Waals surface area contributed by atoms with E-state index < -0.39 is 5.97 Å². The second kappa shape index (κ2) is 4.10. The molecule has 4 heteroatoms. The summed E-state index contributed by atoms with van der Waals surface area (Å²) in [5.41, 5.74) is 1.82. The smallest absolute Gasteiger partial charge is 0.335 e. The Labute approximate surface area is 92.5 Å². The Balaban J connectivity index is 2.56. The molecule has 0 bridgehead atoms. The molecule has 0 aliphatic rings. The predicted molar refractivity (Wildman–Crippen MR) is 59.7 cm³/mol. The summed E-state index contributed by atoms with van der Waals surface area (Å²) < 4.78 is 5.19. The van der Waals surface area contributed by atoms with Crippen molar-refractivity contribution in [1.82, 2.24) is 4.98 Å². The molecule has 0 aliphatic carbocycles. The van der Waals surface area contributed by atoms with E-state index in [4.69, 9.17) is 9.84 Å². The van der Waals surface area contributed by atoms with E-state index in [1.807, 2.05) is 12.1 Å². The predicted octanol–water partition coefficient (Wildman–Crippen LogP) is 2.39. The van der Waals surface area contributed by atoms with Gasteiger partial charge in [-0.3, -0.25) is 0 Å². The van der Waals surface area contributed by atoms with Crippen LogP contribution in [0.25, 0.3) is 11.3 Å². The van der Waals surface area contributed by atoms with Crippen LogP contribution in [-0.4, -0.2) is 23.2 Å². The van der Waals surface area contributed by atoms with Gasteiger partial charge in [-0.2, -0.15) is 0 Å². The van der Waals surface area contributed by atoms with E-state index in [0.29, 0.717) is 5.75 Å². The molecule has 0 fully saturated rings. The van der Waals surface area contributed by atoms with Gasteiger partial charge in [0.05, 0.1) is 12.7 Å². The van der Waals surface area contributed by atoms with E-state index in [9.17, 15) is 4.79 Å². The molecule has 4 nitrogen and oxygen atoms in total. The maximum atomic E-state index is 10.9. The van der Waals surface area contributed by atoms with Gasteiger partial charge in [0, 0.05) is 17.5 Å². The normalized spacial score (nSPS) is 10.1. The van der Waals surface area contributed by atoms with Gasteiger partial charge in [-0.1, -0.05) is 0 Å². The standard InChI is InChI=1S/C12H11NO3/c1-16-11-5-4-8(12(14)15)7-9(11)10-3-2-6-13-10/h2-7,13H,1H3,(H,14,15). The summed E-state index contributed by atoms with van der Waals surface area (Å²) in [7, 11) is 1.56. The Bertz CT molecular complexity index is 503. The number of aromatic amines is 1. The van der Waals surface area contributed by atoms with Crippen molar-refractivity contribution in [1.29, 1.82) is 0 Å². The Morgan fingerprint density at radius 1 is 1.38 bits per heavy atom. The van der Waals surface area contributed by atoms with Crippen molar-refractivity contribution in [2.24, 2.45) is 0 Å². The zero-order valence-corrected chi connectivity index (χ0v) is 8.73. The van der Waals surface area contributed by atoms with Gasteiger partial charge in [-0.25, -0.2) is 4.79 Å². The van der Waals surface area contributed by atoms with Gasteiger partial charge in [-0.05, 0) is 30.3 Å². The van der Waals surface area contributed by atoms with Gasteiger partial charge in [0.15, 0.2) is 0 Å². The molecule has 0 radical (unpaired) electrons. The monoisotopic (exact) mass is 217 g/mol. The van der Waals surface area contributed by atoms with Crippen LogP contribution in [0.1, 0.15) is 10.4 Å². The molecule has 82 valence electrons. The lowest BCUT2D eigenvalue weighted by atomic mass is 10.1. The highest BCUT2D eigenvalue weighted by Crippen LogP contribution is 2.29. The van der Waals surface area contributed by atoms with E-state index in [1.54, 1.807) is 25.4 Å². The second-order valence-electron chi connectivity index (χ2n) is 3.30. The average Bonchev–Trinajstić information content (AvgIpc) is 2.81. The minimum Gasteiger partial charge on any atom is -0.496 e. The number of benzene rings is 1. The highest BCUT2D eigenvalue weighted by Gasteiger charge is 2.10. The minimum absolute atomic E-state index is 0.241. The number of nitrogens with one attached hydrogen (secondary N) is 1. The largest absolute Gasteiger partial charge is 0.496 e. The van der Waals surface area contributed by atoms with E-state index in [2.05, 4.69) is 4.98 Å². The number of carboxylic acids is 1. The third-order valence-electron chi connectivity index (χ3n) is 2.33. The number of H-pyrrole nitrogens is 1. The van der Waals surface area contributed by atoms with Crippen molar-refractivity contribution < 1.29 is 14.6 Å². The maximum absolute atomic E-state index is 10.9. The lowest BCUT2D eigenvalue weighted by Crippen LogP contribution is -1.97. The van der Waals surface area contributed by atoms with Crippen molar-refractivity contribution in [2.75, 3.05) is 7.11 Å². The third kappa shape index (κ3) is 1.77. The number of ether oxygens (including phenoxy) is 1. The molecule has 2 aromatic rings. The Kier molecular flexibility index (Phi) is 2.64. The summed E-state index contributed by atoms with van der Waals surface area (Å²) >= 11 is 0. The van der Waals surface area contributed by atoms with Gasteiger partial charge < -0.3 is 14.8 Å². The number of carboxylic acid groups (broad SMARTS) is 1. The molecule has 2 rings (SSSR count). The summed E-state index contributed by atoms with van der Waals surface area (Å²) in [4.78, 5) is 13.9. The SMILES string of the molecule is COc1ccc(C(=O)O)cc1-c1ccc[nH]1. The quantitative estimate of drug-likeness (QED) is 0.829. The number of hydrogen-bond donors (Lipinski definition) is 2. The topological polar surface area (TPSA) is 62.3 Å². The second-order valence-corrected chi connectivity index (χ2v) is 3.30. The fraction of sp³-hybridized carbons (Fsp3) is 0.0833. The summed E-state index contributed by atoms with van der Waals surface area (Å²) in [6.07, 6.45) is 1.78. The first-order chi connectivity index (χ1) is 7.72. The minimum atomic E-state index is -0.949. The van der Waals surface area contributed by atoms with E-state index in [-0.39, 0.29) is 5.56 Å². The number of aromatic carboxylic acids is 1. The third-order valence-corrected chi connectivity index (χ3v) is 2.33. The number of aromatic nitrogens is 1. The number of methoxy groups -OCH3 is 1.